The molecule has 0 aliphatic carbocycles. The zero-order chi connectivity index (χ0) is 21.0. The van der Waals surface area contributed by atoms with Crippen LogP contribution in [0.4, 0.5) is 0 Å². The van der Waals surface area contributed by atoms with E-state index in [2.05, 4.69) is 14.9 Å². The summed E-state index contributed by atoms with van der Waals surface area (Å²) in [5.74, 6) is 0.635. The molecule has 0 amide bonds. The number of aromatic nitrogens is 2. The van der Waals surface area contributed by atoms with Crippen LogP contribution in [0.3, 0.4) is 0 Å². The highest BCUT2D eigenvalue weighted by atomic mass is 32.2. The molecule has 30 heavy (non-hydrogen) atoms. The minimum atomic E-state index is -3.77. The Bertz CT molecular complexity index is 1210. The summed E-state index contributed by atoms with van der Waals surface area (Å²) in [5, 5.41) is 4.06. The minimum Gasteiger partial charge on any atom is -0.337 e. The van der Waals surface area contributed by atoms with Crippen LogP contribution < -0.4 is 4.72 Å². The van der Waals surface area contributed by atoms with Gasteiger partial charge in [0.2, 0.25) is 21.7 Å². The second-order valence-electron chi connectivity index (χ2n) is 7.00. The van der Waals surface area contributed by atoms with E-state index in [1.54, 1.807) is 30.3 Å². The first-order valence-corrected chi connectivity index (χ1v) is 11.0. The second-order valence-corrected chi connectivity index (χ2v) is 8.71. The van der Waals surface area contributed by atoms with Gasteiger partial charge in [-0.1, -0.05) is 83.5 Å². The molecule has 1 aromatic heterocycles. The van der Waals surface area contributed by atoms with Gasteiger partial charge >= 0.3 is 0 Å². The molecule has 0 bridgehead atoms. The van der Waals surface area contributed by atoms with Crippen molar-refractivity contribution < 1.29 is 12.9 Å². The molecule has 4 aromatic rings. The van der Waals surface area contributed by atoms with Gasteiger partial charge in [-0.25, -0.2) is 8.42 Å². The fraction of sp³-hybridized carbons (Fsp3) is 0.130. The molecule has 0 aliphatic heterocycles. The first-order valence-electron chi connectivity index (χ1n) is 9.53. The molecule has 3 aromatic carbocycles. The van der Waals surface area contributed by atoms with Crippen LogP contribution in [0, 0.1) is 6.92 Å². The average Bonchev–Trinajstić information content (AvgIpc) is 3.25. The predicted molar refractivity (Wildman–Crippen MR) is 114 cm³/mol. The van der Waals surface area contributed by atoms with Crippen molar-refractivity contribution in [3.8, 4) is 11.4 Å². The van der Waals surface area contributed by atoms with Crippen LogP contribution in [0.2, 0.25) is 0 Å². The molecule has 0 spiro atoms. The number of nitrogens with one attached hydrogen (secondary N) is 1. The van der Waals surface area contributed by atoms with Crippen molar-refractivity contribution in [3.05, 3.63) is 102 Å². The van der Waals surface area contributed by atoms with Crippen LogP contribution in [0.5, 0.6) is 0 Å². The van der Waals surface area contributed by atoms with Crippen LogP contribution >= 0.6 is 0 Å². The molecule has 1 heterocycles. The normalized spacial score (nSPS) is 12.6. The lowest BCUT2D eigenvalue weighted by Crippen LogP contribution is -2.30. The largest absolute Gasteiger partial charge is 0.337 e. The fourth-order valence-corrected chi connectivity index (χ4v) is 4.29. The van der Waals surface area contributed by atoms with Gasteiger partial charge in [-0.3, -0.25) is 0 Å². The van der Waals surface area contributed by atoms with Crippen molar-refractivity contribution in [3.63, 3.8) is 0 Å². The van der Waals surface area contributed by atoms with Crippen molar-refractivity contribution in [1.82, 2.24) is 14.9 Å². The molecule has 6 nitrogen and oxygen atoms in total. The molecule has 0 fully saturated rings. The van der Waals surface area contributed by atoms with E-state index >= 15 is 0 Å². The fourth-order valence-electron chi connectivity index (χ4n) is 3.08. The Kier molecular flexibility index (Phi) is 5.74. The van der Waals surface area contributed by atoms with E-state index < -0.39 is 16.1 Å². The van der Waals surface area contributed by atoms with Gasteiger partial charge in [0, 0.05) is 5.56 Å². The van der Waals surface area contributed by atoms with E-state index in [1.165, 1.54) is 0 Å². The third-order valence-corrected chi connectivity index (χ3v) is 6.17. The highest BCUT2D eigenvalue weighted by Gasteiger charge is 2.26. The zero-order valence-corrected chi connectivity index (χ0v) is 17.2. The van der Waals surface area contributed by atoms with Crippen molar-refractivity contribution in [2.45, 2.75) is 24.3 Å². The van der Waals surface area contributed by atoms with Gasteiger partial charge < -0.3 is 4.52 Å². The van der Waals surface area contributed by atoms with Gasteiger partial charge in [-0.15, -0.1) is 0 Å². The van der Waals surface area contributed by atoms with Gasteiger partial charge in [0.05, 0.1) is 4.90 Å². The van der Waals surface area contributed by atoms with Crippen molar-refractivity contribution in [1.29, 1.82) is 0 Å². The molecular weight excluding hydrogens is 398 g/mol. The van der Waals surface area contributed by atoms with Crippen LogP contribution in [0.15, 0.2) is 94.3 Å². The predicted octanol–water partition coefficient (Wildman–Crippen LogP) is 4.31. The third-order valence-electron chi connectivity index (χ3n) is 4.68. The maximum absolute atomic E-state index is 12.9. The molecule has 7 heteroatoms. The van der Waals surface area contributed by atoms with E-state index in [0.717, 1.165) is 16.7 Å². The van der Waals surface area contributed by atoms with Crippen LogP contribution in [-0.4, -0.2) is 18.6 Å². The Hall–Kier alpha value is -3.29. The molecule has 1 atom stereocenters. The number of benzene rings is 3. The monoisotopic (exact) mass is 419 g/mol. The molecule has 0 saturated heterocycles. The van der Waals surface area contributed by atoms with E-state index in [9.17, 15) is 8.42 Å². The standard InChI is InChI=1S/C23H21N3O3S/c1-17-12-14-19(15-13-17)22-24-23(29-25-22)21(16-18-8-4-2-5-9-18)26-30(27,28)20-10-6-3-7-11-20/h2-15,21,26H,16H2,1H3/t21-/m0/s1. The molecule has 1 N–H and O–H groups in total. The average molecular weight is 420 g/mol. The molecule has 0 saturated carbocycles. The summed E-state index contributed by atoms with van der Waals surface area (Å²) in [5.41, 5.74) is 2.88. The third kappa shape index (κ3) is 4.64. The summed E-state index contributed by atoms with van der Waals surface area (Å²) in [6.07, 6.45) is 0.377. The van der Waals surface area contributed by atoms with E-state index in [-0.39, 0.29) is 10.8 Å². The molecule has 0 aliphatic rings. The van der Waals surface area contributed by atoms with Gasteiger partial charge in [-0.2, -0.15) is 9.71 Å². The maximum atomic E-state index is 12.9. The van der Waals surface area contributed by atoms with Crippen molar-refractivity contribution >= 4 is 10.0 Å². The first kappa shape index (κ1) is 20.0. The second kappa shape index (κ2) is 8.61. The topological polar surface area (TPSA) is 85.1 Å². The van der Waals surface area contributed by atoms with Crippen LogP contribution in [0.25, 0.3) is 11.4 Å². The van der Waals surface area contributed by atoms with Crippen molar-refractivity contribution in [2.75, 3.05) is 0 Å². The Morgan fingerprint density at radius 2 is 1.53 bits per heavy atom. The molecule has 152 valence electrons. The Labute approximate surface area is 175 Å². The summed E-state index contributed by atoms with van der Waals surface area (Å²) in [6, 6.07) is 24.9. The van der Waals surface area contributed by atoms with Gasteiger partial charge in [0.15, 0.2) is 0 Å². The summed E-state index contributed by atoms with van der Waals surface area (Å²) in [4.78, 5) is 4.66. The lowest BCUT2D eigenvalue weighted by molar-refractivity contribution is 0.345. The summed E-state index contributed by atoms with van der Waals surface area (Å²) in [6.45, 7) is 2.00. The van der Waals surface area contributed by atoms with Gasteiger partial charge in [0.25, 0.3) is 0 Å². The molecule has 4 rings (SSSR count). The first-order chi connectivity index (χ1) is 14.5. The lowest BCUT2D eigenvalue weighted by Gasteiger charge is -2.15. The quantitative estimate of drug-likeness (QED) is 0.483. The molecular formula is C23H21N3O3S. The van der Waals surface area contributed by atoms with E-state index in [4.69, 9.17) is 4.52 Å². The van der Waals surface area contributed by atoms with E-state index in [1.807, 2.05) is 61.5 Å². The smallest absolute Gasteiger partial charge is 0.245 e. The SMILES string of the molecule is Cc1ccc(-c2noc([C@H](Cc3ccccc3)NS(=O)(=O)c3ccccc3)n2)cc1. The minimum absolute atomic E-state index is 0.182. The highest BCUT2D eigenvalue weighted by molar-refractivity contribution is 7.89. The Morgan fingerprint density at radius 3 is 2.20 bits per heavy atom. The van der Waals surface area contributed by atoms with Gasteiger partial charge in [0.1, 0.15) is 6.04 Å². The summed E-state index contributed by atoms with van der Waals surface area (Å²) >= 11 is 0. The van der Waals surface area contributed by atoms with Crippen LogP contribution in [-0.2, 0) is 16.4 Å². The van der Waals surface area contributed by atoms with E-state index in [0.29, 0.717) is 12.2 Å². The maximum Gasteiger partial charge on any atom is 0.245 e. The lowest BCUT2D eigenvalue weighted by atomic mass is 10.1. The zero-order valence-electron chi connectivity index (χ0n) is 16.4. The Morgan fingerprint density at radius 1 is 0.900 bits per heavy atom. The number of sulfonamides is 1. The number of hydrogen-bond donors (Lipinski definition) is 1. The van der Waals surface area contributed by atoms with Gasteiger partial charge in [-0.05, 0) is 31.0 Å². The number of nitrogens with zero attached hydrogens (tertiary/aromatic N) is 2. The highest BCUT2D eigenvalue weighted by Crippen LogP contribution is 2.24. The summed E-state index contributed by atoms with van der Waals surface area (Å²) in [7, 11) is -3.77. The van der Waals surface area contributed by atoms with Crippen molar-refractivity contribution in [2.24, 2.45) is 0 Å². The molecule has 0 radical (unpaired) electrons. The number of rotatable bonds is 7. The number of hydrogen-bond acceptors (Lipinski definition) is 5. The van der Waals surface area contributed by atoms with Crippen LogP contribution in [0.1, 0.15) is 23.1 Å². The molecule has 0 unspecified atom stereocenters. The summed E-state index contributed by atoms with van der Waals surface area (Å²) < 4.78 is 34.0. The number of aryl methyl sites for hydroxylation is 1. The Balaban J connectivity index is 1.66.